The van der Waals surface area contributed by atoms with Crippen molar-refractivity contribution in [2.75, 3.05) is 26.2 Å². The van der Waals surface area contributed by atoms with Crippen LogP contribution in [0, 0.1) is 0 Å². The Labute approximate surface area is 71.9 Å². The molecule has 0 aromatic rings. The first-order valence-electron chi connectivity index (χ1n) is 2.89. The third kappa shape index (κ3) is 5.03. The SMILES string of the molecule is CN(C)C(CCl)=NS(C)(=O)=O. The van der Waals surface area contributed by atoms with Crippen molar-refractivity contribution in [3.63, 3.8) is 0 Å². The molecule has 66 valence electrons. The van der Waals surface area contributed by atoms with Gasteiger partial charge in [-0.25, -0.2) is 8.42 Å². The van der Waals surface area contributed by atoms with E-state index in [4.69, 9.17) is 11.6 Å². The minimum Gasteiger partial charge on any atom is -0.364 e. The summed E-state index contributed by atoms with van der Waals surface area (Å²) in [5, 5.41) is 0. The smallest absolute Gasteiger partial charge is 0.251 e. The highest BCUT2D eigenvalue weighted by atomic mass is 35.5. The minimum atomic E-state index is -3.32. The summed E-state index contributed by atoms with van der Waals surface area (Å²) in [6.07, 6.45) is 1.03. The van der Waals surface area contributed by atoms with E-state index in [0.717, 1.165) is 6.26 Å². The van der Waals surface area contributed by atoms with Crippen LogP contribution in [0.3, 0.4) is 0 Å². The van der Waals surface area contributed by atoms with E-state index in [0.29, 0.717) is 5.84 Å². The summed E-state index contributed by atoms with van der Waals surface area (Å²) in [5.74, 6) is 0.439. The van der Waals surface area contributed by atoms with Gasteiger partial charge in [0.1, 0.15) is 5.84 Å². The molecular weight excluding hydrogens is 188 g/mol. The molecule has 4 nitrogen and oxygen atoms in total. The van der Waals surface area contributed by atoms with Gasteiger partial charge in [-0.05, 0) is 0 Å². The van der Waals surface area contributed by atoms with E-state index in [9.17, 15) is 8.42 Å². The quantitative estimate of drug-likeness (QED) is 0.361. The molecule has 6 heteroatoms. The maximum Gasteiger partial charge on any atom is 0.251 e. The molecule has 0 rings (SSSR count). The van der Waals surface area contributed by atoms with Crippen LogP contribution in [0.4, 0.5) is 0 Å². The number of hydrogen-bond donors (Lipinski definition) is 0. The van der Waals surface area contributed by atoms with Crippen molar-refractivity contribution in [1.29, 1.82) is 0 Å². The molecule has 0 aliphatic heterocycles. The topological polar surface area (TPSA) is 49.7 Å². The molecule has 0 atom stereocenters. The van der Waals surface area contributed by atoms with Crippen LogP contribution >= 0.6 is 11.6 Å². The van der Waals surface area contributed by atoms with Gasteiger partial charge >= 0.3 is 0 Å². The van der Waals surface area contributed by atoms with Gasteiger partial charge in [0.05, 0.1) is 12.1 Å². The van der Waals surface area contributed by atoms with Gasteiger partial charge in [-0.3, -0.25) is 0 Å². The highest BCUT2D eigenvalue weighted by Crippen LogP contribution is 1.93. The van der Waals surface area contributed by atoms with Crippen molar-refractivity contribution in [1.82, 2.24) is 4.90 Å². The first kappa shape index (κ1) is 10.7. The van der Waals surface area contributed by atoms with Crippen LogP contribution in [0.2, 0.25) is 0 Å². The van der Waals surface area contributed by atoms with Crippen LogP contribution in [0.1, 0.15) is 0 Å². The molecule has 0 aromatic heterocycles. The average Bonchev–Trinajstić information content (AvgIpc) is 1.80. The molecule has 0 radical (unpaired) electrons. The van der Waals surface area contributed by atoms with Crippen LogP contribution in [0.15, 0.2) is 4.40 Å². The number of halogens is 1. The Kier molecular flexibility index (Phi) is 3.82. The maximum atomic E-state index is 10.6. The zero-order valence-electron chi connectivity index (χ0n) is 6.70. The number of amidine groups is 1. The largest absolute Gasteiger partial charge is 0.364 e. The molecule has 0 saturated heterocycles. The summed E-state index contributed by atoms with van der Waals surface area (Å²) in [6.45, 7) is 0. The summed E-state index contributed by atoms with van der Waals surface area (Å²) in [7, 11) is 0.0552. The molecule has 0 aliphatic rings. The van der Waals surface area contributed by atoms with Crippen molar-refractivity contribution in [2.45, 2.75) is 0 Å². The molecule has 0 unspecified atom stereocenters. The molecule has 11 heavy (non-hydrogen) atoms. The molecule has 0 N–H and O–H groups in total. The molecule has 0 amide bonds. The summed E-state index contributed by atoms with van der Waals surface area (Å²) < 4.78 is 24.7. The summed E-state index contributed by atoms with van der Waals surface area (Å²) in [4.78, 5) is 1.56. The zero-order chi connectivity index (χ0) is 9.07. The Hall–Kier alpha value is -0.290. The molecule has 0 fully saturated rings. The van der Waals surface area contributed by atoms with Gasteiger partial charge in [-0.15, -0.1) is 16.0 Å². The molecule has 0 heterocycles. The molecule has 0 saturated carbocycles. The third-order valence-corrected chi connectivity index (χ3v) is 1.69. The Morgan fingerprint density at radius 3 is 2.09 bits per heavy atom. The number of rotatable bonds is 2. The Balaban J connectivity index is 4.64. The maximum absolute atomic E-state index is 10.6. The predicted octanol–water partition coefficient (Wildman–Crippen LogP) is 0.145. The van der Waals surface area contributed by atoms with Gasteiger partial charge in [0.25, 0.3) is 10.0 Å². The lowest BCUT2D eigenvalue weighted by Crippen LogP contribution is -2.24. The monoisotopic (exact) mass is 198 g/mol. The van der Waals surface area contributed by atoms with Crippen molar-refractivity contribution in [3.05, 3.63) is 0 Å². The van der Waals surface area contributed by atoms with Crippen molar-refractivity contribution in [3.8, 4) is 0 Å². The lowest BCUT2D eigenvalue weighted by Gasteiger charge is -2.11. The van der Waals surface area contributed by atoms with Gasteiger partial charge < -0.3 is 4.90 Å². The molecule has 0 bridgehead atoms. The van der Waals surface area contributed by atoms with Gasteiger partial charge in [0.2, 0.25) is 0 Å². The molecule has 0 aromatic carbocycles. The van der Waals surface area contributed by atoms with Gasteiger partial charge in [-0.1, -0.05) is 0 Å². The van der Waals surface area contributed by atoms with E-state index in [1.54, 1.807) is 19.0 Å². The summed E-state index contributed by atoms with van der Waals surface area (Å²) in [6, 6.07) is 0. The van der Waals surface area contributed by atoms with Crippen molar-refractivity contribution in [2.24, 2.45) is 4.40 Å². The van der Waals surface area contributed by atoms with Gasteiger partial charge in [-0.2, -0.15) is 0 Å². The van der Waals surface area contributed by atoms with Crippen LogP contribution in [-0.4, -0.2) is 45.4 Å². The van der Waals surface area contributed by atoms with Crippen LogP contribution in [0.25, 0.3) is 0 Å². The Bertz CT molecular complexity index is 245. The number of nitrogens with zero attached hydrogens (tertiary/aromatic N) is 2. The zero-order valence-corrected chi connectivity index (χ0v) is 8.28. The van der Waals surface area contributed by atoms with E-state index in [-0.39, 0.29) is 5.88 Å². The van der Waals surface area contributed by atoms with E-state index in [1.165, 1.54) is 0 Å². The van der Waals surface area contributed by atoms with Gasteiger partial charge in [0, 0.05) is 14.1 Å². The number of alkyl halides is 1. The van der Waals surface area contributed by atoms with Crippen LogP contribution in [0.5, 0.6) is 0 Å². The lowest BCUT2D eigenvalue weighted by atomic mass is 10.6. The van der Waals surface area contributed by atoms with Crippen molar-refractivity contribution >= 4 is 27.5 Å². The van der Waals surface area contributed by atoms with Crippen LogP contribution < -0.4 is 0 Å². The second kappa shape index (κ2) is 3.92. The van der Waals surface area contributed by atoms with E-state index in [1.807, 2.05) is 0 Å². The fourth-order valence-electron chi connectivity index (χ4n) is 0.417. The van der Waals surface area contributed by atoms with Crippen LogP contribution in [-0.2, 0) is 10.0 Å². The lowest BCUT2D eigenvalue weighted by molar-refractivity contribution is 0.596. The predicted molar refractivity (Wildman–Crippen MR) is 46.7 cm³/mol. The second-order valence-electron chi connectivity index (χ2n) is 2.27. The molecule has 0 aliphatic carbocycles. The Morgan fingerprint density at radius 1 is 1.55 bits per heavy atom. The molecular formula is C5H11ClN2O2S. The second-order valence-corrected chi connectivity index (χ2v) is 4.18. The third-order valence-electron chi connectivity index (χ3n) is 0.907. The van der Waals surface area contributed by atoms with E-state index >= 15 is 0 Å². The fraction of sp³-hybridized carbons (Fsp3) is 0.800. The highest BCUT2D eigenvalue weighted by molar-refractivity contribution is 7.89. The molecule has 0 spiro atoms. The van der Waals surface area contributed by atoms with E-state index in [2.05, 4.69) is 4.40 Å². The number of hydrogen-bond acceptors (Lipinski definition) is 2. The normalized spacial score (nSPS) is 13.3. The summed E-state index contributed by atoms with van der Waals surface area (Å²) >= 11 is 5.43. The average molecular weight is 199 g/mol. The first-order valence-corrected chi connectivity index (χ1v) is 5.27. The standard InChI is InChI=1S/C5H11ClN2O2S/c1-8(2)5(4-6)7-11(3,9)10/h4H2,1-3H3. The summed E-state index contributed by atoms with van der Waals surface area (Å²) in [5.41, 5.74) is 0. The first-order chi connectivity index (χ1) is 4.87. The van der Waals surface area contributed by atoms with Gasteiger partial charge in [0.15, 0.2) is 0 Å². The minimum absolute atomic E-state index is 0.0973. The van der Waals surface area contributed by atoms with E-state index < -0.39 is 10.0 Å². The fourth-order valence-corrected chi connectivity index (χ4v) is 1.40. The highest BCUT2D eigenvalue weighted by Gasteiger charge is 2.04. The Morgan fingerprint density at radius 2 is 2.00 bits per heavy atom. The number of sulfonamides is 1. The van der Waals surface area contributed by atoms with Crippen molar-refractivity contribution < 1.29 is 8.42 Å².